The van der Waals surface area contributed by atoms with Crippen molar-refractivity contribution in [2.75, 3.05) is 12.3 Å². The van der Waals surface area contributed by atoms with Crippen LogP contribution in [0.2, 0.25) is 0 Å². The molecule has 0 radical (unpaired) electrons. The van der Waals surface area contributed by atoms with Gasteiger partial charge in [-0.25, -0.2) is 0 Å². The first-order valence-corrected chi connectivity index (χ1v) is 5.81. The molecule has 1 aromatic rings. The summed E-state index contributed by atoms with van der Waals surface area (Å²) in [6.45, 7) is 2.05. The molecule has 4 heteroatoms. The molecule has 4 nitrogen and oxygen atoms in total. The highest BCUT2D eigenvalue weighted by Gasteiger charge is 2.28. The van der Waals surface area contributed by atoms with E-state index in [-0.39, 0.29) is 0 Å². The van der Waals surface area contributed by atoms with E-state index in [4.69, 9.17) is 10.3 Å². The van der Waals surface area contributed by atoms with Gasteiger partial charge in [0, 0.05) is 24.7 Å². The molecule has 2 N–H and O–H groups in total. The second-order valence-electron chi connectivity index (χ2n) is 4.63. The van der Waals surface area contributed by atoms with Crippen molar-refractivity contribution in [2.24, 2.45) is 0 Å². The number of anilines is 1. The summed E-state index contributed by atoms with van der Waals surface area (Å²) in [5.41, 5.74) is 7.92. The second-order valence-corrected chi connectivity index (χ2v) is 4.63. The van der Waals surface area contributed by atoms with Crippen molar-refractivity contribution in [1.29, 1.82) is 0 Å². The Bertz CT molecular complexity index is 355. The third-order valence-corrected chi connectivity index (χ3v) is 3.74. The summed E-state index contributed by atoms with van der Waals surface area (Å²) in [5, 5.41) is 4.04. The molecule has 1 fully saturated rings. The van der Waals surface area contributed by atoms with Crippen LogP contribution in [-0.4, -0.2) is 22.6 Å². The SMILES string of the molecule is Nc1onc2c1CCN(C1CCCC1)C2. The maximum absolute atomic E-state index is 5.71. The zero-order valence-corrected chi connectivity index (χ0v) is 8.91. The molecular formula is C11H17N3O. The summed E-state index contributed by atoms with van der Waals surface area (Å²) in [6, 6.07) is 0.774. The van der Waals surface area contributed by atoms with Crippen LogP contribution >= 0.6 is 0 Å². The summed E-state index contributed by atoms with van der Waals surface area (Å²) >= 11 is 0. The summed E-state index contributed by atoms with van der Waals surface area (Å²) in [5.74, 6) is 0.524. The third-order valence-electron chi connectivity index (χ3n) is 3.74. The lowest BCUT2D eigenvalue weighted by Gasteiger charge is -2.31. The van der Waals surface area contributed by atoms with Crippen LogP contribution in [0.1, 0.15) is 36.9 Å². The number of rotatable bonds is 1. The zero-order chi connectivity index (χ0) is 10.3. The van der Waals surface area contributed by atoms with Crippen molar-refractivity contribution in [3.63, 3.8) is 0 Å². The van der Waals surface area contributed by atoms with E-state index in [1.807, 2.05) is 0 Å². The van der Waals surface area contributed by atoms with Crippen LogP contribution in [0.15, 0.2) is 4.52 Å². The summed E-state index contributed by atoms with van der Waals surface area (Å²) in [4.78, 5) is 2.54. The van der Waals surface area contributed by atoms with Crippen molar-refractivity contribution in [2.45, 2.75) is 44.7 Å². The van der Waals surface area contributed by atoms with E-state index in [0.29, 0.717) is 5.88 Å². The van der Waals surface area contributed by atoms with E-state index >= 15 is 0 Å². The highest BCUT2D eigenvalue weighted by atomic mass is 16.5. The van der Waals surface area contributed by atoms with E-state index in [1.165, 1.54) is 25.7 Å². The molecule has 15 heavy (non-hydrogen) atoms. The Labute approximate surface area is 89.4 Å². The van der Waals surface area contributed by atoms with E-state index in [9.17, 15) is 0 Å². The van der Waals surface area contributed by atoms with Crippen LogP contribution in [0, 0.1) is 0 Å². The minimum absolute atomic E-state index is 0.524. The highest BCUT2D eigenvalue weighted by molar-refractivity contribution is 5.40. The molecule has 0 atom stereocenters. The predicted molar refractivity (Wildman–Crippen MR) is 57.3 cm³/mol. The molecule has 1 aliphatic carbocycles. The minimum Gasteiger partial charge on any atom is -0.367 e. The molecule has 82 valence electrons. The number of hydrogen-bond donors (Lipinski definition) is 1. The van der Waals surface area contributed by atoms with E-state index in [0.717, 1.165) is 36.8 Å². The fourth-order valence-electron chi connectivity index (χ4n) is 2.86. The minimum atomic E-state index is 0.524. The fraction of sp³-hybridized carbons (Fsp3) is 0.727. The fourth-order valence-corrected chi connectivity index (χ4v) is 2.86. The Morgan fingerprint density at radius 1 is 1.33 bits per heavy atom. The van der Waals surface area contributed by atoms with Crippen LogP contribution < -0.4 is 5.73 Å². The third kappa shape index (κ3) is 1.53. The second kappa shape index (κ2) is 3.52. The maximum atomic E-state index is 5.71. The highest BCUT2D eigenvalue weighted by Crippen LogP contribution is 2.30. The molecule has 1 saturated carbocycles. The van der Waals surface area contributed by atoms with Gasteiger partial charge in [0.2, 0.25) is 5.88 Å². The normalized spacial score (nSPS) is 23.2. The van der Waals surface area contributed by atoms with Gasteiger partial charge in [-0.15, -0.1) is 0 Å². The molecule has 0 unspecified atom stereocenters. The Kier molecular flexibility index (Phi) is 2.16. The van der Waals surface area contributed by atoms with Gasteiger partial charge in [0.25, 0.3) is 0 Å². The molecule has 0 saturated heterocycles. The molecule has 0 aromatic carbocycles. The Balaban J connectivity index is 1.77. The van der Waals surface area contributed by atoms with Crippen LogP contribution in [0.3, 0.4) is 0 Å². The first-order valence-electron chi connectivity index (χ1n) is 5.81. The van der Waals surface area contributed by atoms with Gasteiger partial charge in [0.15, 0.2) is 0 Å². The lowest BCUT2D eigenvalue weighted by atomic mass is 10.0. The average molecular weight is 207 g/mol. The predicted octanol–water partition coefficient (Wildman–Crippen LogP) is 1.56. The van der Waals surface area contributed by atoms with Crippen LogP contribution in [-0.2, 0) is 13.0 Å². The standard InChI is InChI=1S/C11H17N3O/c12-11-9-5-6-14(7-10(9)13-15-11)8-3-1-2-4-8/h8H,1-7,12H2. The first-order chi connectivity index (χ1) is 7.34. The van der Waals surface area contributed by atoms with Gasteiger partial charge in [-0.05, 0) is 19.3 Å². The van der Waals surface area contributed by atoms with Crippen molar-refractivity contribution < 1.29 is 4.52 Å². The molecule has 2 aliphatic rings. The van der Waals surface area contributed by atoms with Gasteiger partial charge < -0.3 is 10.3 Å². The van der Waals surface area contributed by atoms with Crippen molar-refractivity contribution >= 4 is 5.88 Å². The molecule has 1 aromatic heterocycles. The largest absolute Gasteiger partial charge is 0.367 e. The van der Waals surface area contributed by atoms with Crippen LogP contribution in [0.4, 0.5) is 5.88 Å². The van der Waals surface area contributed by atoms with Crippen LogP contribution in [0.5, 0.6) is 0 Å². The van der Waals surface area contributed by atoms with Gasteiger partial charge in [0.05, 0.1) is 0 Å². The Hall–Kier alpha value is -1.03. The van der Waals surface area contributed by atoms with Gasteiger partial charge in [-0.3, -0.25) is 4.90 Å². The molecule has 0 spiro atoms. The van der Waals surface area contributed by atoms with Crippen molar-refractivity contribution in [1.82, 2.24) is 10.1 Å². The van der Waals surface area contributed by atoms with Gasteiger partial charge in [-0.1, -0.05) is 18.0 Å². The van der Waals surface area contributed by atoms with Crippen molar-refractivity contribution in [3.8, 4) is 0 Å². The van der Waals surface area contributed by atoms with E-state index in [1.54, 1.807) is 0 Å². The van der Waals surface area contributed by atoms with E-state index in [2.05, 4.69) is 10.1 Å². The van der Waals surface area contributed by atoms with Gasteiger partial charge in [0.1, 0.15) is 5.69 Å². The summed E-state index contributed by atoms with van der Waals surface area (Å²) < 4.78 is 5.03. The molecule has 0 bridgehead atoms. The van der Waals surface area contributed by atoms with Crippen molar-refractivity contribution in [3.05, 3.63) is 11.3 Å². The van der Waals surface area contributed by atoms with E-state index < -0.39 is 0 Å². The Morgan fingerprint density at radius 3 is 2.93 bits per heavy atom. The topological polar surface area (TPSA) is 55.3 Å². The smallest absolute Gasteiger partial charge is 0.225 e. The number of nitrogens with two attached hydrogens (primary N) is 1. The molecule has 2 heterocycles. The summed E-state index contributed by atoms with van der Waals surface area (Å²) in [7, 11) is 0. The lowest BCUT2D eigenvalue weighted by Crippen LogP contribution is -2.37. The summed E-state index contributed by atoms with van der Waals surface area (Å²) in [6.07, 6.45) is 6.47. The zero-order valence-electron chi connectivity index (χ0n) is 8.91. The van der Waals surface area contributed by atoms with Crippen LogP contribution in [0.25, 0.3) is 0 Å². The number of nitrogen functional groups attached to an aromatic ring is 1. The van der Waals surface area contributed by atoms with Gasteiger partial charge in [-0.2, -0.15) is 0 Å². The van der Waals surface area contributed by atoms with Gasteiger partial charge >= 0.3 is 0 Å². The number of hydrogen-bond acceptors (Lipinski definition) is 4. The quantitative estimate of drug-likeness (QED) is 0.759. The first kappa shape index (κ1) is 9.21. The molecule has 1 aliphatic heterocycles. The molecular weight excluding hydrogens is 190 g/mol. The number of fused-ring (bicyclic) bond motifs is 1. The number of aromatic nitrogens is 1. The molecule has 3 rings (SSSR count). The molecule has 0 amide bonds. The average Bonchev–Trinajstić information content (AvgIpc) is 2.88. The number of nitrogens with zero attached hydrogens (tertiary/aromatic N) is 2. The Morgan fingerprint density at radius 2 is 2.13 bits per heavy atom. The lowest BCUT2D eigenvalue weighted by molar-refractivity contribution is 0.177. The monoisotopic (exact) mass is 207 g/mol. The maximum Gasteiger partial charge on any atom is 0.225 e.